The van der Waals surface area contributed by atoms with Gasteiger partial charge in [-0.25, -0.2) is 9.18 Å². The van der Waals surface area contributed by atoms with Crippen LogP contribution in [0.15, 0.2) is 60.7 Å². The fourth-order valence-corrected chi connectivity index (χ4v) is 4.42. The van der Waals surface area contributed by atoms with Crippen LogP contribution in [0.25, 0.3) is 11.1 Å². The maximum Gasteiger partial charge on any atom is 0.338 e. The number of aliphatic hydroxyl groups excluding tert-OH is 1. The van der Waals surface area contributed by atoms with Gasteiger partial charge in [0.15, 0.2) is 0 Å². The van der Waals surface area contributed by atoms with Crippen molar-refractivity contribution < 1.29 is 23.8 Å². The Hall–Kier alpha value is -2.77. The summed E-state index contributed by atoms with van der Waals surface area (Å²) >= 11 is 5.78. The average Bonchev–Trinajstić information content (AvgIpc) is 2.87. The molecule has 7 heteroatoms. The SMILES string of the molecule is COC(=O)c1ccc(-c2ccccc2[C@@H](C)OC[C@H](O)CNC(C)(C)Cc2ccc(Cl)c(F)c2)cc1C. The van der Waals surface area contributed by atoms with Gasteiger partial charge in [0.05, 0.1) is 36.5 Å². The molecule has 0 aliphatic carbocycles. The number of nitrogens with one attached hydrogen (secondary N) is 1. The van der Waals surface area contributed by atoms with Gasteiger partial charge in [-0.05, 0) is 80.1 Å². The molecule has 3 aromatic rings. The molecule has 0 amide bonds. The lowest BCUT2D eigenvalue weighted by atomic mass is 9.94. The molecule has 0 heterocycles. The summed E-state index contributed by atoms with van der Waals surface area (Å²) in [5, 5.41) is 14.0. The Morgan fingerprint density at radius 1 is 1.14 bits per heavy atom. The summed E-state index contributed by atoms with van der Waals surface area (Å²) in [6.07, 6.45) is -0.416. The van der Waals surface area contributed by atoms with Crippen molar-refractivity contribution in [3.8, 4) is 11.1 Å². The highest BCUT2D eigenvalue weighted by Gasteiger charge is 2.21. The summed E-state index contributed by atoms with van der Waals surface area (Å²) in [5.41, 5.74) is 4.78. The Kier molecular flexibility index (Phi) is 9.85. The Bertz CT molecular complexity index is 1230. The summed E-state index contributed by atoms with van der Waals surface area (Å²) in [6.45, 7) is 8.30. The first kappa shape index (κ1) is 28.8. The highest BCUT2D eigenvalue weighted by atomic mass is 35.5. The van der Waals surface area contributed by atoms with Crippen molar-refractivity contribution in [3.05, 3.63) is 93.8 Å². The Morgan fingerprint density at radius 3 is 2.54 bits per heavy atom. The van der Waals surface area contributed by atoms with E-state index in [9.17, 15) is 14.3 Å². The molecular formula is C30H35ClFNO4. The molecule has 0 radical (unpaired) electrons. The van der Waals surface area contributed by atoms with Crippen LogP contribution in [0.3, 0.4) is 0 Å². The number of methoxy groups -OCH3 is 1. The van der Waals surface area contributed by atoms with Gasteiger partial charge in [-0.15, -0.1) is 0 Å². The molecule has 2 atom stereocenters. The van der Waals surface area contributed by atoms with E-state index >= 15 is 0 Å². The summed E-state index contributed by atoms with van der Waals surface area (Å²) in [4.78, 5) is 11.9. The van der Waals surface area contributed by atoms with Gasteiger partial charge in [-0.3, -0.25) is 0 Å². The molecule has 0 unspecified atom stereocenters. The number of rotatable bonds is 11. The largest absolute Gasteiger partial charge is 0.465 e. The third-order valence-corrected chi connectivity index (χ3v) is 6.63. The van der Waals surface area contributed by atoms with Crippen LogP contribution in [0.1, 0.15) is 53.9 Å². The van der Waals surface area contributed by atoms with Crippen molar-refractivity contribution in [2.45, 2.75) is 51.9 Å². The number of aryl methyl sites for hydroxylation is 1. The molecule has 3 rings (SSSR count). The van der Waals surface area contributed by atoms with Crippen molar-refractivity contribution in [2.24, 2.45) is 0 Å². The van der Waals surface area contributed by atoms with Crippen LogP contribution in [-0.4, -0.2) is 43.0 Å². The Labute approximate surface area is 223 Å². The second-order valence-corrected chi connectivity index (χ2v) is 10.3. The van der Waals surface area contributed by atoms with Crippen LogP contribution >= 0.6 is 11.6 Å². The van der Waals surface area contributed by atoms with Crippen LogP contribution < -0.4 is 5.32 Å². The monoisotopic (exact) mass is 527 g/mol. The standard InChI is InChI=1S/C30H35ClFNO4/c1-19-14-22(11-12-24(19)29(35)36-5)26-9-7-6-8-25(26)20(2)37-18-23(34)17-33-30(3,4)16-21-10-13-27(31)28(32)15-21/h6-15,20,23,33-34H,16-18H2,1-5H3/t20-,23-/m1/s1. The van der Waals surface area contributed by atoms with Crippen LogP contribution in [0.5, 0.6) is 0 Å². The van der Waals surface area contributed by atoms with Gasteiger partial charge in [0.2, 0.25) is 0 Å². The Balaban J connectivity index is 1.59. The van der Waals surface area contributed by atoms with E-state index in [1.54, 1.807) is 18.2 Å². The van der Waals surface area contributed by atoms with Gasteiger partial charge >= 0.3 is 5.97 Å². The number of β-amino-alcohol motifs (C(OH)–C–C–N with tert-alkyl or cyclic N) is 1. The van der Waals surface area contributed by atoms with Gasteiger partial charge in [-0.2, -0.15) is 0 Å². The predicted octanol–water partition coefficient (Wildman–Crippen LogP) is 6.29. The highest BCUT2D eigenvalue weighted by Crippen LogP contribution is 2.31. The van der Waals surface area contributed by atoms with Crippen LogP contribution in [-0.2, 0) is 15.9 Å². The molecule has 5 nitrogen and oxygen atoms in total. The maximum absolute atomic E-state index is 13.8. The fraction of sp³-hybridized carbons (Fsp3) is 0.367. The zero-order chi connectivity index (χ0) is 27.2. The molecule has 0 aliphatic heterocycles. The number of carbonyl (C=O) groups excluding carboxylic acids is 1. The molecule has 2 N–H and O–H groups in total. The lowest BCUT2D eigenvalue weighted by Gasteiger charge is -2.28. The van der Waals surface area contributed by atoms with Crippen LogP contribution in [0.2, 0.25) is 5.02 Å². The van der Waals surface area contributed by atoms with E-state index in [1.807, 2.05) is 64.1 Å². The smallest absolute Gasteiger partial charge is 0.338 e. The summed E-state index contributed by atoms with van der Waals surface area (Å²) in [7, 11) is 1.37. The van der Waals surface area contributed by atoms with Crippen molar-refractivity contribution in [1.82, 2.24) is 5.32 Å². The van der Waals surface area contributed by atoms with Gasteiger partial charge in [0, 0.05) is 12.1 Å². The van der Waals surface area contributed by atoms with E-state index in [2.05, 4.69) is 5.32 Å². The Morgan fingerprint density at radius 2 is 1.86 bits per heavy atom. The second-order valence-electron chi connectivity index (χ2n) is 9.93. The van der Waals surface area contributed by atoms with E-state index in [4.69, 9.17) is 21.1 Å². The lowest BCUT2D eigenvalue weighted by molar-refractivity contribution is -0.00397. The number of halogens is 2. The minimum atomic E-state index is -0.725. The fourth-order valence-electron chi connectivity index (χ4n) is 4.31. The van der Waals surface area contributed by atoms with Gasteiger partial charge in [-0.1, -0.05) is 54.1 Å². The first-order valence-electron chi connectivity index (χ1n) is 12.3. The zero-order valence-electron chi connectivity index (χ0n) is 22.0. The number of benzene rings is 3. The van der Waals surface area contributed by atoms with E-state index < -0.39 is 11.9 Å². The first-order valence-corrected chi connectivity index (χ1v) is 12.7. The number of carbonyl (C=O) groups is 1. The minimum Gasteiger partial charge on any atom is -0.465 e. The molecule has 0 fully saturated rings. The van der Waals surface area contributed by atoms with Gasteiger partial charge in [0.25, 0.3) is 0 Å². The highest BCUT2D eigenvalue weighted by molar-refractivity contribution is 6.30. The third-order valence-electron chi connectivity index (χ3n) is 6.33. The van der Waals surface area contributed by atoms with Crippen LogP contribution in [0.4, 0.5) is 4.39 Å². The molecule has 198 valence electrons. The molecule has 37 heavy (non-hydrogen) atoms. The first-order chi connectivity index (χ1) is 17.5. The number of ether oxygens (including phenoxy) is 2. The molecule has 0 aromatic heterocycles. The molecule has 0 saturated carbocycles. The van der Waals surface area contributed by atoms with E-state index in [1.165, 1.54) is 13.2 Å². The molecule has 0 spiro atoms. The van der Waals surface area contributed by atoms with Crippen molar-refractivity contribution in [1.29, 1.82) is 0 Å². The normalized spacial score (nSPS) is 13.3. The third kappa shape index (κ3) is 7.86. The molecule has 0 bridgehead atoms. The van der Waals surface area contributed by atoms with E-state index in [-0.39, 0.29) is 29.2 Å². The van der Waals surface area contributed by atoms with Crippen LogP contribution in [0, 0.1) is 12.7 Å². The number of hydrogen-bond donors (Lipinski definition) is 2. The van der Waals surface area contributed by atoms with Gasteiger partial charge in [0.1, 0.15) is 5.82 Å². The van der Waals surface area contributed by atoms with Crippen molar-refractivity contribution >= 4 is 17.6 Å². The topological polar surface area (TPSA) is 67.8 Å². The summed E-state index contributed by atoms with van der Waals surface area (Å²) < 4.78 is 24.7. The zero-order valence-corrected chi connectivity index (χ0v) is 22.7. The summed E-state index contributed by atoms with van der Waals surface area (Å²) in [6, 6.07) is 18.4. The van der Waals surface area contributed by atoms with E-state index in [0.717, 1.165) is 27.8 Å². The second kappa shape index (κ2) is 12.7. The molecule has 0 aliphatic rings. The van der Waals surface area contributed by atoms with Gasteiger partial charge < -0.3 is 19.9 Å². The number of aliphatic hydroxyl groups is 1. The number of hydrogen-bond acceptors (Lipinski definition) is 5. The average molecular weight is 528 g/mol. The minimum absolute atomic E-state index is 0.103. The van der Waals surface area contributed by atoms with Crippen molar-refractivity contribution in [3.63, 3.8) is 0 Å². The lowest BCUT2D eigenvalue weighted by Crippen LogP contribution is -2.46. The molecular weight excluding hydrogens is 493 g/mol. The molecule has 0 saturated heterocycles. The van der Waals surface area contributed by atoms with E-state index in [0.29, 0.717) is 18.5 Å². The van der Waals surface area contributed by atoms with Crippen molar-refractivity contribution in [2.75, 3.05) is 20.3 Å². The maximum atomic E-state index is 13.8. The predicted molar refractivity (Wildman–Crippen MR) is 146 cm³/mol. The molecule has 3 aromatic carbocycles. The number of esters is 1. The summed E-state index contributed by atoms with van der Waals surface area (Å²) in [5.74, 6) is -0.799. The quantitative estimate of drug-likeness (QED) is 0.287.